The Morgan fingerprint density at radius 3 is 2.72 bits per heavy atom. The van der Waals surface area contributed by atoms with Crippen LogP contribution in [0.3, 0.4) is 0 Å². The summed E-state index contributed by atoms with van der Waals surface area (Å²) in [7, 11) is 0. The lowest BCUT2D eigenvalue weighted by molar-refractivity contribution is 0.0804. The first-order chi connectivity index (χ1) is 15.7. The monoisotopic (exact) mass is 425 g/mol. The molecule has 6 heteroatoms. The minimum Gasteiger partial charge on any atom is -0.346 e. The second kappa shape index (κ2) is 9.92. The summed E-state index contributed by atoms with van der Waals surface area (Å²) in [4.78, 5) is 26.8. The molecule has 1 atom stereocenters. The number of anilines is 1. The summed E-state index contributed by atoms with van der Waals surface area (Å²) in [5.41, 5.74) is 3.54. The van der Waals surface area contributed by atoms with E-state index in [1.54, 1.807) is 17.3 Å². The maximum absolute atomic E-state index is 13.4. The van der Waals surface area contributed by atoms with Gasteiger partial charge in [0, 0.05) is 30.7 Å². The molecule has 162 valence electrons. The highest BCUT2D eigenvalue weighted by Crippen LogP contribution is 2.22. The van der Waals surface area contributed by atoms with Crippen LogP contribution in [0.5, 0.6) is 0 Å². The molecule has 4 rings (SSSR count). The number of aromatic amines is 1. The van der Waals surface area contributed by atoms with Crippen LogP contribution in [-0.4, -0.2) is 32.3 Å². The number of carbonyl (C=O) groups excluding carboxylic acids is 1. The van der Waals surface area contributed by atoms with Crippen molar-refractivity contribution in [3.8, 4) is 11.1 Å². The van der Waals surface area contributed by atoms with E-state index in [0.717, 1.165) is 28.6 Å². The maximum Gasteiger partial charge on any atom is 0.257 e. The zero-order valence-electron chi connectivity index (χ0n) is 18.3. The number of nitrogens with one attached hydrogen (secondary N) is 2. The zero-order chi connectivity index (χ0) is 22.3. The quantitative estimate of drug-likeness (QED) is 0.380. The van der Waals surface area contributed by atoms with Gasteiger partial charge in [0.2, 0.25) is 0 Å². The number of fused-ring (bicyclic) bond motifs is 1. The molecule has 0 fully saturated rings. The molecule has 2 N–H and O–H groups in total. The lowest BCUT2D eigenvalue weighted by Gasteiger charge is -2.22. The number of hydrogen-bond acceptors (Lipinski definition) is 4. The van der Waals surface area contributed by atoms with Gasteiger partial charge >= 0.3 is 0 Å². The molecule has 0 saturated carbocycles. The van der Waals surface area contributed by atoms with Crippen LogP contribution in [0.1, 0.15) is 30.6 Å². The fourth-order valence-electron chi connectivity index (χ4n) is 3.50. The van der Waals surface area contributed by atoms with Crippen molar-refractivity contribution in [3.63, 3.8) is 0 Å². The van der Waals surface area contributed by atoms with Crippen molar-refractivity contribution in [1.82, 2.24) is 19.9 Å². The second-order valence-electron chi connectivity index (χ2n) is 7.84. The molecule has 0 radical (unpaired) electrons. The Kier molecular flexibility index (Phi) is 6.60. The Hall–Kier alpha value is -3.93. The topological polar surface area (TPSA) is 73.9 Å². The van der Waals surface area contributed by atoms with Crippen LogP contribution < -0.4 is 5.32 Å². The van der Waals surface area contributed by atoms with Crippen molar-refractivity contribution in [1.29, 1.82) is 0 Å². The van der Waals surface area contributed by atoms with Gasteiger partial charge in [0.25, 0.3) is 5.91 Å². The van der Waals surface area contributed by atoms with Crippen LogP contribution in [0.25, 0.3) is 22.2 Å². The number of nitrogens with zero attached hydrogens (tertiary/aromatic N) is 3. The number of hydrogen-bond donors (Lipinski definition) is 2. The van der Waals surface area contributed by atoms with Gasteiger partial charge in [-0.3, -0.25) is 4.79 Å². The van der Waals surface area contributed by atoms with Crippen LogP contribution in [0.4, 0.5) is 5.82 Å². The third-order valence-electron chi connectivity index (χ3n) is 5.51. The molecule has 0 bridgehead atoms. The van der Waals surface area contributed by atoms with E-state index in [1.165, 1.54) is 6.33 Å². The van der Waals surface area contributed by atoms with Gasteiger partial charge in [-0.25, -0.2) is 9.97 Å². The Morgan fingerprint density at radius 2 is 1.91 bits per heavy atom. The fourth-order valence-corrected chi connectivity index (χ4v) is 3.50. The second-order valence-corrected chi connectivity index (χ2v) is 7.84. The minimum absolute atomic E-state index is 0.0318. The molecular weight excluding hydrogens is 398 g/mol. The van der Waals surface area contributed by atoms with Crippen molar-refractivity contribution in [2.75, 3.05) is 11.9 Å². The number of aromatic nitrogens is 3. The van der Waals surface area contributed by atoms with Crippen LogP contribution in [0.2, 0.25) is 0 Å². The molecule has 2 heterocycles. The predicted molar refractivity (Wildman–Crippen MR) is 129 cm³/mol. The number of H-pyrrole nitrogens is 1. The molecule has 2 aromatic carbocycles. The van der Waals surface area contributed by atoms with Gasteiger partial charge in [0.1, 0.15) is 17.8 Å². The average molecular weight is 426 g/mol. The van der Waals surface area contributed by atoms with Gasteiger partial charge in [-0.15, -0.1) is 0 Å². The van der Waals surface area contributed by atoms with E-state index >= 15 is 0 Å². The third-order valence-corrected chi connectivity index (χ3v) is 5.51. The minimum atomic E-state index is -0.0318. The average Bonchev–Trinajstić information content (AvgIpc) is 3.33. The molecule has 2 aromatic heterocycles. The summed E-state index contributed by atoms with van der Waals surface area (Å²) >= 11 is 0. The summed E-state index contributed by atoms with van der Waals surface area (Å²) in [6.07, 6.45) is 7.88. The molecule has 6 nitrogen and oxygen atoms in total. The highest BCUT2D eigenvalue weighted by atomic mass is 16.2. The number of amides is 1. The number of rotatable bonds is 8. The highest BCUT2D eigenvalue weighted by Gasteiger charge is 2.16. The molecular formula is C26H27N5O. The van der Waals surface area contributed by atoms with Crippen LogP contribution in [0, 0.1) is 5.92 Å². The molecule has 0 aliphatic rings. The van der Waals surface area contributed by atoms with Crippen molar-refractivity contribution in [2.45, 2.75) is 20.3 Å². The van der Waals surface area contributed by atoms with Crippen LogP contribution in [0.15, 0.2) is 85.6 Å². The maximum atomic E-state index is 13.4. The molecule has 32 heavy (non-hydrogen) atoms. The van der Waals surface area contributed by atoms with E-state index < -0.39 is 0 Å². The molecule has 1 amide bonds. The Balaban J connectivity index is 1.56. The smallest absolute Gasteiger partial charge is 0.257 e. The van der Waals surface area contributed by atoms with E-state index in [0.29, 0.717) is 23.8 Å². The summed E-state index contributed by atoms with van der Waals surface area (Å²) in [5.74, 6) is 1.03. The van der Waals surface area contributed by atoms with Crippen molar-refractivity contribution < 1.29 is 4.79 Å². The van der Waals surface area contributed by atoms with Crippen molar-refractivity contribution in [2.24, 2.45) is 5.92 Å². The van der Waals surface area contributed by atoms with Gasteiger partial charge in [-0.2, -0.15) is 0 Å². The van der Waals surface area contributed by atoms with E-state index in [9.17, 15) is 4.79 Å². The van der Waals surface area contributed by atoms with E-state index in [4.69, 9.17) is 0 Å². The van der Waals surface area contributed by atoms with E-state index in [2.05, 4.69) is 34.1 Å². The zero-order valence-corrected chi connectivity index (χ0v) is 18.3. The molecule has 0 spiro atoms. The SMILES string of the molecule is CCC(C)CN(/C=C/Nc1ncnc2[nH]ccc12)C(=O)c1cccc(-c2ccccc2)c1. The van der Waals surface area contributed by atoms with Crippen molar-refractivity contribution in [3.05, 3.63) is 91.2 Å². The lowest BCUT2D eigenvalue weighted by atomic mass is 10.0. The largest absolute Gasteiger partial charge is 0.346 e. The van der Waals surface area contributed by atoms with Gasteiger partial charge in [0.15, 0.2) is 0 Å². The Morgan fingerprint density at radius 1 is 1.09 bits per heavy atom. The molecule has 0 saturated heterocycles. The first-order valence-electron chi connectivity index (χ1n) is 10.8. The summed E-state index contributed by atoms with van der Waals surface area (Å²) in [6.45, 7) is 4.91. The first kappa shape index (κ1) is 21.3. The Labute approximate surface area is 188 Å². The lowest BCUT2D eigenvalue weighted by Crippen LogP contribution is -2.30. The first-order valence-corrected chi connectivity index (χ1v) is 10.8. The van der Waals surface area contributed by atoms with E-state index in [1.807, 2.05) is 66.9 Å². The van der Waals surface area contributed by atoms with Gasteiger partial charge in [-0.1, -0.05) is 62.7 Å². The van der Waals surface area contributed by atoms with Gasteiger partial charge < -0.3 is 15.2 Å². The van der Waals surface area contributed by atoms with Crippen LogP contribution in [-0.2, 0) is 0 Å². The highest BCUT2D eigenvalue weighted by molar-refractivity contribution is 5.96. The van der Waals surface area contributed by atoms with Gasteiger partial charge in [0.05, 0.1) is 5.39 Å². The molecule has 4 aromatic rings. The fraction of sp³-hybridized carbons (Fsp3) is 0.192. The summed E-state index contributed by atoms with van der Waals surface area (Å²) in [6, 6.07) is 19.8. The normalized spacial score (nSPS) is 12.2. The standard InChI is InChI=1S/C26H27N5O/c1-3-19(2)17-31(15-14-28-25-23-12-13-27-24(23)29-18-30-25)26(32)22-11-7-10-21(16-22)20-8-5-4-6-9-20/h4-16,18-19H,3,17H2,1-2H3,(H2,27,28,29,30)/b15-14+. The molecule has 0 aliphatic carbocycles. The molecule has 0 aliphatic heterocycles. The van der Waals surface area contributed by atoms with Gasteiger partial charge in [-0.05, 0) is 35.2 Å². The number of benzene rings is 2. The number of carbonyl (C=O) groups is 1. The molecule has 1 unspecified atom stereocenters. The van der Waals surface area contributed by atoms with Crippen LogP contribution >= 0.6 is 0 Å². The Bertz CT molecular complexity index is 1220. The third kappa shape index (κ3) is 4.86. The summed E-state index contributed by atoms with van der Waals surface area (Å²) in [5, 5.41) is 4.09. The van der Waals surface area contributed by atoms with E-state index in [-0.39, 0.29) is 5.91 Å². The summed E-state index contributed by atoms with van der Waals surface area (Å²) < 4.78 is 0. The van der Waals surface area contributed by atoms with Crippen molar-refractivity contribution >= 4 is 22.8 Å². The predicted octanol–water partition coefficient (Wildman–Crippen LogP) is 5.70.